The molecule has 41 heavy (non-hydrogen) atoms. The monoisotopic (exact) mass is 567 g/mol. The predicted octanol–water partition coefficient (Wildman–Crippen LogP) is 4.32. The zero-order chi connectivity index (χ0) is 28.6. The summed E-state index contributed by atoms with van der Waals surface area (Å²) in [6.07, 6.45) is 8.64. The number of rotatable bonds is 11. The van der Waals surface area contributed by atoms with Gasteiger partial charge < -0.3 is 28.8 Å². The first-order valence-electron chi connectivity index (χ1n) is 14.6. The van der Waals surface area contributed by atoms with Crippen LogP contribution in [0.1, 0.15) is 61.9 Å². The molecule has 1 saturated carbocycles. The molecule has 0 radical (unpaired) electrons. The molecule has 0 spiro atoms. The Morgan fingerprint density at radius 2 is 2.00 bits per heavy atom. The molecule has 11 heteroatoms. The third-order valence-corrected chi connectivity index (χ3v) is 7.84. The summed E-state index contributed by atoms with van der Waals surface area (Å²) in [5, 5.41) is 6.69. The fourth-order valence-electron chi connectivity index (χ4n) is 5.58. The number of carbonyl (C=O) groups is 2. The van der Waals surface area contributed by atoms with Gasteiger partial charge in [-0.1, -0.05) is 18.0 Å². The first-order valence-corrected chi connectivity index (χ1v) is 14.6. The standard InChI is InChI=1S/C30H38FN5O5/c1-21(32-29(37)26-9-4-17-40-26)30(38)36-14-5-12-35(15-16-36)13-6-18-39-23-10-11-24(25(31)20-23)28-33-27(41-34-28)19-22-7-2-3-8-22/h4,9-11,17,20-22H,2-3,5-8,12-16,18-19H2,1H3,(H,32,37)/t21-/m0/s1. The van der Waals surface area contributed by atoms with Crippen LogP contribution in [0.15, 0.2) is 45.5 Å². The molecule has 1 saturated heterocycles. The van der Waals surface area contributed by atoms with Crippen LogP contribution in [0.2, 0.25) is 0 Å². The summed E-state index contributed by atoms with van der Waals surface area (Å²) >= 11 is 0. The Bertz CT molecular complexity index is 1290. The van der Waals surface area contributed by atoms with E-state index in [4.69, 9.17) is 13.7 Å². The molecule has 0 bridgehead atoms. The van der Waals surface area contributed by atoms with Crippen molar-refractivity contribution >= 4 is 11.8 Å². The van der Waals surface area contributed by atoms with Gasteiger partial charge in [-0.2, -0.15) is 4.98 Å². The Morgan fingerprint density at radius 1 is 1.15 bits per heavy atom. The Hall–Kier alpha value is -3.73. The van der Waals surface area contributed by atoms with Crippen molar-refractivity contribution in [3.63, 3.8) is 0 Å². The van der Waals surface area contributed by atoms with Crippen LogP contribution in [0.5, 0.6) is 5.75 Å². The Balaban J connectivity index is 1.02. The van der Waals surface area contributed by atoms with Crippen LogP contribution < -0.4 is 10.1 Å². The number of furan rings is 1. The van der Waals surface area contributed by atoms with E-state index < -0.39 is 17.8 Å². The van der Waals surface area contributed by atoms with Crippen LogP contribution in [-0.4, -0.2) is 77.1 Å². The second kappa shape index (κ2) is 13.8. The fraction of sp³-hybridized carbons (Fsp3) is 0.533. The van der Waals surface area contributed by atoms with Gasteiger partial charge in [0.25, 0.3) is 5.91 Å². The molecule has 1 aliphatic heterocycles. The molecule has 2 fully saturated rings. The quantitative estimate of drug-likeness (QED) is 0.341. The van der Waals surface area contributed by atoms with E-state index >= 15 is 0 Å². The smallest absolute Gasteiger partial charge is 0.287 e. The van der Waals surface area contributed by atoms with Crippen LogP contribution >= 0.6 is 0 Å². The van der Waals surface area contributed by atoms with Crippen LogP contribution in [0.4, 0.5) is 4.39 Å². The number of amides is 2. The number of hydrogen-bond acceptors (Lipinski definition) is 8. The fourth-order valence-corrected chi connectivity index (χ4v) is 5.58. The van der Waals surface area contributed by atoms with Gasteiger partial charge in [0.1, 0.15) is 17.6 Å². The average Bonchev–Trinajstić information content (AvgIpc) is 3.74. The van der Waals surface area contributed by atoms with Crippen LogP contribution in [-0.2, 0) is 11.2 Å². The normalized spacial score (nSPS) is 17.4. The van der Waals surface area contributed by atoms with Crippen molar-refractivity contribution in [1.82, 2.24) is 25.3 Å². The number of halogens is 1. The van der Waals surface area contributed by atoms with E-state index in [1.54, 1.807) is 36.1 Å². The van der Waals surface area contributed by atoms with Gasteiger partial charge in [0.05, 0.1) is 18.4 Å². The molecule has 2 aliphatic rings. The minimum absolute atomic E-state index is 0.105. The first-order chi connectivity index (χ1) is 20.0. The lowest BCUT2D eigenvalue weighted by Crippen LogP contribution is -2.48. The minimum atomic E-state index is -0.640. The summed E-state index contributed by atoms with van der Waals surface area (Å²) in [5.74, 6) is 1.11. The number of hydrogen-bond donors (Lipinski definition) is 1. The average molecular weight is 568 g/mol. The highest BCUT2D eigenvalue weighted by Crippen LogP contribution is 2.29. The third kappa shape index (κ3) is 7.72. The van der Waals surface area contributed by atoms with Crippen molar-refractivity contribution in [1.29, 1.82) is 0 Å². The summed E-state index contributed by atoms with van der Waals surface area (Å²) in [4.78, 5) is 33.6. The molecule has 5 rings (SSSR count). The second-order valence-electron chi connectivity index (χ2n) is 10.9. The lowest BCUT2D eigenvalue weighted by atomic mass is 10.0. The summed E-state index contributed by atoms with van der Waals surface area (Å²) in [6.45, 7) is 5.78. The topological polar surface area (TPSA) is 114 Å². The number of nitrogens with one attached hydrogen (secondary N) is 1. The van der Waals surface area contributed by atoms with Crippen molar-refractivity contribution in [2.45, 2.75) is 57.9 Å². The molecule has 1 N–H and O–H groups in total. The molecule has 1 aliphatic carbocycles. The van der Waals surface area contributed by atoms with Gasteiger partial charge in [0.2, 0.25) is 17.6 Å². The Kier molecular flexibility index (Phi) is 9.66. The maximum Gasteiger partial charge on any atom is 0.287 e. The van der Waals surface area contributed by atoms with Gasteiger partial charge in [0, 0.05) is 38.7 Å². The van der Waals surface area contributed by atoms with Gasteiger partial charge in [-0.05, 0) is 69.3 Å². The van der Waals surface area contributed by atoms with Crippen LogP contribution in [0, 0.1) is 11.7 Å². The zero-order valence-corrected chi connectivity index (χ0v) is 23.5. The number of benzene rings is 1. The van der Waals surface area contributed by atoms with E-state index in [-0.39, 0.29) is 17.5 Å². The van der Waals surface area contributed by atoms with Crippen molar-refractivity contribution in [3.8, 4) is 17.1 Å². The second-order valence-corrected chi connectivity index (χ2v) is 10.9. The molecule has 3 heterocycles. The molecule has 1 aromatic carbocycles. The Labute approximate surface area is 239 Å². The molecule has 220 valence electrons. The summed E-state index contributed by atoms with van der Waals surface area (Å²) in [7, 11) is 0. The van der Waals surface area contributed by atoms with E-state index in [0.29, 0.717) is 42.8 Å². The maximum atomic E-state index is 14.8. The Morgan fingerprint density at radius 3 is 2.78 bits per heavy atom. The molecule has 2 aromatic heterocycles. The number of nitrogens with zero attached hydrogens (tertiary/aromatic N) is 4. The van der Waals surface area contributed by atoms with E-state index in [1.807, 2.05) is 0 Å². The zero-order valence-electron chi connectivity index (χ0n) is 23.5. The first kappa shape index (κ1) is 28.8. The highest BCUT2D eigenvalue weighted by molar-refractivity contribution is 5.95. The molecule has 3 aromatic rings. The highest BCUT2D eigenvalue weighted by atomic mass is 19.1. The lowest BCUT2D eigenvalue weighted by Gasteiger charge is -2.25. The maximum absolute atomic E-state index is 14.8. The summed E-state index contributed by atoms with van der Waals surface area (Å²) < 4.78 is 31.1. The van der Waals surface area contributed by atoms with Crippen molar-refractivity contribution in [2.75, 3.05) is 39.3 Å². The molecular formula is C30H38FN5O5. The van der Waals surface area contributed by atoms with E-state index in [1.165, 1.54) is 38.0 Å². The van der Waals surface area contributed by atoms with Crippen molar-refractivity contribution < 1.29 is 27.7 Å². The van der Waals surface area contributed by atoms with Crippen LogP contribution in [0.3, 0.4) is 0 Å². The van der Waals surface area contributed by atoms with Gasteiger partial charge in [0.15, 0.2) is 5.76 Å². The van der Waals surface area contributed by atoms with Gasteiger partial charge in [-0.3, -0.25) is 9.59 Å². The minimum Gasteiger partial charge on any atom is -0.493 e. The molecule has 1 atom stereocenters. The molecular weight excluding hydrogens is 529 g/mol. The lowest BCUT2D eigenvalue weighted by molar-refractivity contribution is -0.132. The van der Waals surface area contributed by atoms with E-state index in [2.05, 4.69) is 20.4 Å². The van der Waals surface area contributed by atoms with Gasteiger partial charge >= 0.3 is 0 Å². The molecule has 2 amide bonds. The number of ether oxygens (including phenoxy) is 1. The molecule has 10 nitrogen and oxygen atoms in total. The van der Waals surface area contributed by atoms with E-state index in [0.717, 1.165) is 38.9 Å². The number of aromatic nitrogens is 2. The van der Waals surface area contributed by atoms with Crippen molar-refractivity contribution in [2.24, 2.45) is 5.92 Å². The van der Waals surface area contributed by atoms with Gasteiger partial charge in [-0.25, -0.2) is 4.39 Å². The largest absolute Gasteiger partial charge is 0.493 e. The van der Waals surface area contributed by atoms with Crippen LogP contribution in [0.25, 0.3) is 11.4 Å². The van der Waals surface area contributed by atoms with E-state index in [9.17, 15) is 14.0 Å². The summed E-state index contributed by atoms with van der Waals surface area (Å²) in [6, 6.07) is 7.28. The highest BCUT2D eigenvalue weighted by Gasteiger charge is 2.25. The summed E-state index contributed by atoms with van der Waals surface area (Å²) in [5.41, 5.74) is 0.303. The third-order valence-electron chi connectivity index (χ3n) is 7.84. The molecule has 0 unspecified atom stereocenters. The SMILES string of the molecule is C[C@H](NC(=O)c1ccco1)C(=O)N1CCCN(CCCOc2ccc(-c3noc(CC4CCCC4)n3)c(F)c2)CC1. The van der Waals surface area contributed by atoms with Gasteiger partial charge in [-0.15, -0.1) is 0 Å². The predicted molar refractivity (Wildman–Crippen MR) is 149 cm³/mol. The van der Waals surface area contributed by atoms with Crippen molar-refractivity contribution in [3.05, 3.63) is 54.1 Å². The number of carbonyl (C=O) groups excluding carboxylic acids is 2.